The van der Waals surface area contributed by atoms with Gasteiger partial charge in [0.2, 0.25) is 0 Å². The van der Waals surface area contributed by atoms with Crippen molar-refractivity contribution in [3.8, 4) is 0 Å². The molecule has 0 saturated carbocycles. The first-order valence-corrected chi connectivity index (χ1v) is 5.08. The summed E-state index contributed by atoms with van der Waals surface area (Å²) in [6.07, 6.45) is 1.59. The molecule has 3 heteroatoms. The molecule has 0 radical (unpaired) electrons. The van der Waals surface area contributed by atoms with Crippen LogP contribution in [-0.4, -0.2) is 24.0 Å². The van der Waals surface area contributed by atoms with Gasteiger partial charge in [0.1, 0.15) is 5.60 Å². The summed E-state index contributed by atoms with van der Waals surface area (Å²) in [5, 5.41) is 1.77. The highest BCUT2D eigenvalue weighted by molar-refractivity contribution is 5.62. The Morgan fingerprint density at radius 3 is 2.67 bits per heavy atom. The predicted molar refractivity (Wildman–Crippen MR) is 57.1 cm³/mol. The van der Waals surface area contributed by atoms with E-state index in [1.165, 1.54) is 5.56 Å². The monoisotopic (exact) mass is 205 g/mol. The Bertz CT molecular complexity index is 352. The van der Waals surface area contributed by atoms with Crippen molar-refractivity contribution in [1.82, 2.24) is 5.06 Å². The largest absolute Gasteiger partial charge is 0.300 e. The Morgan fingerprint density at radius 1 is 1.47 bits per heavy atom. The highest BCUT2D eigenvalue weighted by Crippen LogP contribution is 2.37. The average molecular weight is 205 g/mol. The normalized spacial score (nSPS) is 31.7. The minimum absolute atomic E-state index is 0.168. The Morgan fingerprint density at radius 2 is 2.13 bits per heavy atom. The van der Waals surface area contributed by atoms with Gasteiger partial charge in [-0.3, -0.25) is 4.84 Å². The van der Waals surface area contributed by atoms with Gasteiger partial charge in [0.15, 0.2) is 6.29 Å². The molecule has 0 amide bonds. The minimum atomic E-state index is -0.671. The number of nitrogens with zero attached hydrogens (tertiary/aromatic N) is 1. The van der Waals surface area contributed by atoms with Crippen molar-refractivity contribution in [1.29, 1.82) is 0 Å². The van der Waals surface area contributed by atoms with Crippen molar-refractivity contribution in [3.63, 3.8) is 0 Å². The number of aldehydes is 1. The Hall–Kier alpha value is -1.19. The van der Waals surface area contributed by atoms with E-state index in [1.807, 2.05) is 32.2 Å². The second kappa shape index (κ2) is 3.76. The van der Waals surface area contributed by atoms with Crippen LogP contribution in [0.1, 0.15) is 24.9 Å². The third-order valence-electron chi connectivity index (χ3n) is 2.82. The lowest BCUT2D eigenvalue weighted by Gasteiger charge is -2.17. The summed E-state index contributed by atoms with van der Waals surface area (Å²) in [6, 6.07) is 10.3. The van der Waals surface area contributed by atoms with Crippen molar-refractivity contribution in [2.45, 2.75) is 25.0 Å². The molecule has 2 rings (SSSR count). The van der Waals surface area contributed by atoms with Crippen molar-refractivity contribution < 1.29 is 9.63 Å². The summed E-state index contributed by atoms with van der Waals surface area (Å²) in [6.45, 7) is 1.82. The SMILES string of the molecule is CN1O[C@](C)(C=O)C[C@H]1c1ccccc1. The molecule has 2 atom stereocenters. The van der Waals surface area contributed by atoms with E-state index in [2.05, 4.69) is 12.1 Å². The smallest absolute Gasteiger partial charge is 0.153 e. The standard InChI is InChI=1S/C12H15NO2/c1-12(9-14)8-11(13(2)15-12)10-6-4-3-5-7-10/h3-7,9,11H,8H2,1-2H3/t11-,12-/m0/s1. The van der Waals surface area contributed by atoms with E-state index < -0.39 is 5.60 Å². The summed E-state index contributed by atoms with van der Waals surface area (Å²) in [5.41, 5.74) is 0.514. The van der Waals surface area contributed by atoms with Crippen LogP contribution >= 0.6 is 0 Å². The molecular weight excluding hydrogens is 190 g/mol. The van der Waals surface area contributed by atoms with Crippen LogP contribution < -0.4 is 0 Å². The molecule has 1 saturated heterocycles. The highest BCUT2D eigenvalue weighted by atomic mass is 16.7. The van der Waals surface area contributed by atoms with E-state index in [-0.39, 0.29) is 6.04 Å². The third kappa shape index (κ3) is 1.94. The number of hydrogen-bond acceptors (Lipinski definition) is 3. The van der Waals surface area contributed by atoms with Gasteiger partial charge >= 0.3 is 0 Å². The summed E-state index contributed by atoms with van der Waals surface area (Å²) in [4.78, 5) is 16.4. The maximum atomic E-state index is 10.9. The molecule has 1 aromatic carbocycles. The molecule has 0 aromatic heterocycles. The zero-order valence-electron chi connectivity index (χ0n) is 9.01. The summed E-state index contributed by atoms with van der Waals surface area (Å²) in [7, 11) is 1.87. The van der Waals surface area contributed by atoms with Gasteiger partial charge in [-0.2, -0.15) is 5.06 Å². The maximum absolute atomic E-state index is 10.9. The molecule has 1 aliphatic rings. The van der Waals surface area contributed by atoms with Gasteiger partial charge in [-0.15, -0.1) is 0 Å². The van der Waals surface area contributed by atoms with Crippen LogP contribution in [0.15, 0.2) is 30.3 Å². The first kappa shape index (κ1) is 10.3. The van der Waals surface area contributed by atoms with Crippen molar-refractivity contribution >= 4 is 6.29 Å². The van der Waals surface area contributed by atoms with Crippen LogP contribution in [0.4, 0.5) is 0 Å². The van der Waals surface area contributed by atoms with E-state index in [9.17, 15) is 4.79 Å². The van der Waals surface area contributed by atoms with Crippen LogP contribution in [0.25, 0.3) is 0 Å². The number of hydroxylamine groups is 2. The Balaban J connectivity index is 2.23. The highest BCUT2D eigenvalue weighted by Gasteiger charge is 2.41. The van der Waals surface area contributed by atoms with E-state index in [0.717, 1.165) is 6.29 Å². The second-order valence-electron chi connectivity index (χ2n) is 4.20. The molecule has 1 fully saturated rings. The molecule has 1 aromatic rings. The van der Waals surface area contributed by atoms with Crippen LogP contribution in [0.3, 0.4) is 0 Å². The lowest BCUT2D eigenvalue weighted by molar-refractivity contribution is -0.182. The average Bonchev–Trinajstić information content (AvgIpc) is 2.57. The molecule has 0 unspecified atom stereocenters. The van der Waals surface area contributed by atoms with E-state index in [1.54, 1.807) is 5.06 Å². The molecular formula is C12H15NO2. The number of rotatable bonds is 2. The predicted octanol–water partition coefficient (Wildman–Crippen LogP) is 1.95. The number of hydrogen-bond donors (Lipinski definition) is 0. The topological polar surface area (TPSA) is 29.5 Å². The number of benzene rings is 1. The minimum Gasteiger partial charge on any atom is -0.300 e. The lowest BCUT2D eigenvalue weighted by atomic mass is 9.95. The van der Waals surface area contributed by atoms with E-state index in [4.69, 9.17) is 4.84 Å². The van der Waals surface area contributed by atoms with Crippen LogP contribution in [0.5, 0.6) is 0 Å². The van der Waals surface area contributed by atoms with Gasteiger partial charge in [-0.25, -0.2) is 0 Å². The zero-order valence-corrected chi connectivity index (χ0v) is 9.01. The number of carbonyl (C=O) groups is 1. The fraction of sp³-hybridized carbons (Fsp3) is 0.417. The lowest BCUT2D eigenvalue weighted by Crippen LogP contribution is -2.27. The fourth-order valence-electron chi connectivity index (χ4n) is 2.01. The molecule has 0 bridgehead atoms. The fourth-order valence-corrected chi connectivity index (χ4v) is 2.01. The van der Waals surface area contributed by atoms with Crippen LogP contribution in [-0.2, 0) is 9.63 Å². The summed E-state index contributed by atoms with van der Waals surface area (Å²) < 4.78 is 0. The Labute approximate surface area is 89.6 Å². The third-order valence-corrected chi connectivity index (χ3v) is 2.82. The molecule has 0 N–H and O–H groups in total. The van der Waals surface area contributed by atoms with Gasteiger partial charge in [0, 0.05) is 13.5 Å². The van der Waals surface area contributed by atoms with E-state index in [0.29, 0.717) is 6.42 Å². The molecule has 1 aliphatic heterocycles. The maximum Gasteiger partial charge on any atom is 0.153 e. The zero-order chi connectivity index (χ0) is 10.9. The first-order valence-electron chi connectivity index (χ1n) is 5.08. The molecule has 0 spiro atoms. The van der Waals surface area contributed by atoms with Gasteiger partial charge in [-0.1, -0.05) is 30.3 Å². The van der Waals surface area contributed by atoms with Crippen molar-refractivity contribution in [2.24, 2.45) is 0 Å². The molecule has 3 nitrogen and oxygen atoms in total. The molecule has 80 valence electrons. The summed E-state index contributed by atoms with van der Waals surface area (Å²) in [5.74, 6) is 0. The van der Waals surface area contributed by atoms with Gasteiger partial charge in [0.25, 0.3) is 0 Å². The summed E-state index contributed by atoms with van der Waals surface area (Å²) >= 11 is 0. The van der Waals surface area contributed by atoms with Crippen molar-refractivity contribution in [2.75, 3.05) is 7.05 Å². The second-order valence-corrected chi connectivity index (χ2v) is 4.20. The van der Waals surface area contributed by atoms with Gasteiger partial charge in [-0.05, 0) is 12.5 Å². The van der Waals surface area contributed by atoms with Crippen molar-refractivity contribution in [3.05, 3.63) is 35.9 Å². The number of carbonyl (C=O) groups excluding carboxylic acids is 1. The quantitative estimate of drug-likeness (QED) is 0.691. The molecule has 1 heterocycles. The first-order chi connectivity index (χ1) is 7.14. The molecule has 0 aliphatic carbocycles. The van der Waals surface area contributed by atoms with Gasteiger partial charge < -0.3 is 4.79 Å². The van der Waals surface area contributed by atoms with Crippen LogP contribution in [0, 0.1) is 0 Å². The Kier molecular flexibility index (Phi) is 2.59. The van der Waals surface area contributed by atoms with E-state index >= 15 is 0 Å². The van der Waals surface area contributed by atoms with Crippen LogP contribution in [0.2, 0.25) is 0 Å². The molecule has 15 heavy (non-hydrogen) atoms. The van der Waals surface area contributed by atoms with Gasteiger partial charge in [0.05, 0.1) is 6.04 Å².